The minimum atomic E-state index is 0.0728. The lowest BCUT2D eigenvalue weighted by Gasteiger charge is -2.18. The number of halogens is 1. The molecule has 1 atom stereocenters. The van der Waals surface area contributed by atoms with Crippen molar-refractivity contribution in [1.82, 2.24) is 9.88 Å². The molecule has 0 radical (unpaired) electrons. The van der Waals surface area contributed by atoms with Gasteiger partial charge in [0.2, 0.25) is 0 Å². The van der Waals surface area contributed by atoms with E-state index in [-0.39, 0.29) is 11.9 Å². The van der Waals surface area contributed by atoms with Crippen LogP contribution in [0.1, 0.15) is 16.8 Å². The number of likely N-dealkylation sites (tertiary alicyclic amines) is 1. The molecule has 0 spiro atoms. The van der Waals surface area contributed by atoms with Crippen LogP contribution in [-0.4, -0.2) is 41.2 Å². The molecule has 1 saturated heterocycles. The van der Waals surface area contributed by atoms with Gasteiger partial charge in [-0.2, -0.15) is 4.98 Å². The number of amides is 1. The molecular weight excluding hydrogens is 370 g/mol. The molecule has 0 bridgehead atoms. The zero-order chi connectivity index (χ0) is 18.1. The summed E-state index contributed by atoms with van der Waals surface area (Å²) < 4.78 is 5.71. The Morgan fingerprint density at radius 3 is 3.04 bits per heavy atom. The van der Waals surface area contributed by atoms with E-state index >= 15 is 0 Å². The fourth-order valence-electron chi connectivity index (χ4n) is 3.19. The predicted molar refractivity (Wildman–Crippen MR) is 105 cm³/mol. The average Bonchev–Trinajstić information content (AvgIpc) is 3.27. The van der Waals surface area contributed by atoms with Crippen molar-refractivity contribution < 1.29 is 9.21 Å². The first-order valence-corrected chi connectivity index (χ1v) is 9.99. The highest BCUT2D eigenvalue weighted by Crippen LogP contribution is 2.26. The van der Waals surface area contributed by atoms with E-state index in [9.17, 15) is 4.79 Å². The quantitative estimate of drug-likeness (QED) is 0.666. The molecule has 1 N–H and O–H groups in total. The van der Waals surface area contributed by atoms with Gasteiger partial charge in [0, 0.05) is 35.1 Å². The SMILES string of the molecule is CSc1ccccc1C(=O)N1CC[C@@H](Nc2nc3ccc(Cl)cc3o2)C1. The minimum Gasteiger partial charge on any atom is -0.423 e. The molecular formula is C19H18ClN3O2S. The lowest BCUT2D eigenvalue weighted by molar-refractivity contribution is 0.0788. The summed E-state index contributed by atoms with van der Waals surface area (Å²) in [6.07, 6.45) is 2.84. The van der Waals surface area contributed by atoms with Crippen molar-refractivity contribution in [1.29, 1.82) is 0 Å². The van der Waals surface area contributed by atoms with Gasteiger partial charge in [-0.15, -0.1) is 11.8 Å². The predicted octanol–water partition coefficient (Wildman–Crippen LogP) is 4.53. The Morgan fingerprint density at radius 2 is 2.19 bits per heavy atom. The number of aromatic nitrogens is 1. The first-order valence-electron chi connectivity index (χ1n) is 8.39. The molecule has 0 unspecified atom stereocenters. The van der Waals surface area contributed by atoms with Gasteiger partial charge in [-0.1, -0.05) is 23.7 Å². The van der Waals surface area contributed by atoms with Crippen LogP contribution in [-0.2, 0) is 0 Å². The van der Waals surface area contributed by atoms with E-state index < -0.39 is 0 Å². The number of carbonyl (C=O) groups is 1. The van der Waals surface area contributed by atoms with E-state index in [1.54, 1.807) is 23.9 Å². The zero-order valence-corrected chi connectivity index (χ0v) is 15.8. The summed E-state index contributed by atoms with van der Waals surface area (Å²) in [6.45, 7) is 1.34. The number of rotatable bonds is 4. The van der Waals surface area contributed by atoms with Crippen molar-refractivity contribution in [2.24, 2.45) is 0 Å². The summed E-state index contributed by atoms with van der Waals surface area (Å²) in [5.41, 5.74) is 2.17. The van der Waals surface area contributed by atoms with E-state index in [1.165, 1.54) is 0 Å². The van der Waals surface area contributed by atoms with Crippen LogP contribution in [0.4, 0.5) is 6.01 Å². The Kier molecular flexibility index (Phi) is 4.78. The maximum atomic E-state index is 12.8. The van der Waals surface area contributed by atoms with Gasteiger partial charge in [0.05, 0.1) is 5.56 Å². The van der Waals surface area contributed by atoms with E-state index in [0.717, 1.165) is 22.4 Å². The number of fused-ring (bicyclic) bond motifs is 1. The van der Waals surface area contributed by atoms with Crippen molar-refractivity contribution in [3.8, 4) is 0 Å². The molecule has 1 aliphatic rings. The van der Waals surface area contributed by atoms with Crippen molar-refractivity contribution in [3.05, 3.63) is 53.1 Å². The van der Waals surface area contributed by atoms with Crippen molar-refractivity contribution in [2.45, 2.75) is 17.4 Å². The number of carbonyl (C=O) groups excluding carboxylic acids is 1. The molecule has 1 aromatic heterocycles. The van der Waals surface area contributed by atoms with E-state index in [0.29, 0.717) is 29.7 Å². The molecule has 7 heteroatoms. The van der Waals surface area contributed by atoms with Gasteiger partial charge in [-0.25, -0.2) is 0 Å². The number of hydrogen-bond donors (Lipinski definition) is 1. The fourth-order valence-corrected chi connectivity index (χ4v) is 3.94. The first kappa shape index (κ1) is 17.2. The maximum absolute atomic E-state index is 12.8. The smallest absolute Gasteiger partial charge is 0.295 e. The summed E-state index contributed by atoms with van der Waals surface area (Å²) in [6, 6.07) is 13.7. The Hall–Kier alpha value is -2.18. The number of anilines is 1. The molecule has 1 aliphatic heterocycles. The second-order valence-electron chi connectivity index (χ2n) is 6.21. The topological polar surface area (TPSA) is 58.4 Å². The Morgan fingerprint density at radius 1 is 1.35 bits per heavy atom. The second kappa shape index (κ2) is 7.21. The number of oxazole rings is 1. The lowest BCUT2D eigenvalue weighted by Crippen LogP contribution is -2.31. The summed E-state index contributed by atoms with van der Waals surface area (Å²) >= 11 is 7.57. The average molecular weight is 388 g/mol. The molecule has 2 aromatic carbocycles. The van der Waals surface area contributed by atoms with Crippen LogP contribution in [0, 0.1) is 0 Å². The molecule has 1 fully saturated rings. The fraction of sp³-hybridized carbons (Fsp3) is 0.263. The Bertz CT molecular complexity index is 959. The Labute approximate surface area is 160 Å². The van der Waals surface area contributed by atoms with E-state index in [1.807, 2.05) is 41.5 Å². The largest absolute Gasteiger partial charge is 0.423 e. The molecule has 3 aromatic rings. The van der Waals surface area contributed by atoms with Crippen molar-refractivity contribution >= 4 is 46.4 Å². The number of thioether (sulfide) groups is 1. The molecule has 0 saturated carbocycles. The monoisotopic (exact) mass is 387 g/mol. The standard InChI is InChI=1S/C19H18ClN3O2S/c1-26-17-5-3-2-4-14(17)18(24)23-9-8-13(11-23)21-19-22-15-7-6-12(20)10-16(15)25-19/h2-7,10,13H,8-9,11H2,1H3,(H,21,22)/t13-/m1/s1. The highest BCUT2D eigenvalue weighted by molar-refractivity contribution is 7.98. The van der Waals surface area contributed by atoms with Crippen LogP contribution in [0.25, 0.3) is 11.1 Å². The number of benzene rings is 2. The van der Waals surface area contributed by atoms with Crippen LogP contribution < -0.4 is 5.32 Å². The lowest BCUT2D eigenvalue weighted by atomic mass is 10.2. The van der Waals surface area contributed by atoms with Gasteiger partial charge in [0.1, 0.15) is 5.52 Å². The Balaban J connectivity index is 1.45. The van der Waals surface area contributed by atoms with Gasteiger partial charge >= 0.3 is 0 Å². The van der Waals surface area contributed by atoms with Gasteiger partial charge in [0.15, 0.2) is 5.58 Å². The molecule has 5 nitrogen and oxygen atoms in total. The zero-order valence-electron chi connectivity index (χ0n) is 14.2. The normalized spacial score (nSPS) is 17.0. The second-order valence-corrected chi connectivity index (χ2v) is 7.50. The third-order valence-corrected chi connectivity index (χ3v) is 5.52. The van der Waals surface area contributed by atoms with Crippen LogP contribution in [0.3, 0.4) is 0 Å². The highest BCUT2D eigenvalue weighted by atomic mass is 35.5. The maximum Gasteiger partial charge on any atom is 0.295 e. The third kappa shape index (κ3) is 3.39. The summed E-state index contributed by atoms with van der Waals surface area (Å²) in [5.74, 6) is 0.0728. The van der Waals surface area contributed by atoms with Gasteiger partial charge < -0.3 is 14.6 Å². The van der Waals surface area contributed by atoms with E-state index in [2.05, 4.69) is 10.3 Å². The van der Waals surface area contributed by atoms with E-state index in [4.69, 9.17) is 16.0 Å². The molecule has 26 heavy (non-hydrogen) atoms. The summed E-state index contributed by atoms with van der Waals surface area (Å²) in [7, 11) is 0. The van der Waals surface area contributed by atoms with Crippen molar-refractivity contribution in [3.63, 3.8) is 0 Å². The third-order valence-electron chi connectivity index (χ3n) is 4.49. The molecule has 0 aliphatic carbocycles. The van der Waals surface area contributed by atoms with Gasteiger partial charge in [-0.05, 0) is 36.9 Å². The molecule has 1 amide bonds. The summed E-state index contributed by atoms with van der Waals surface area (Å²) in [5, 5.41) is 3.91. The van der Waals surface area contributed by atoms with Gasteiger partial charge in [0.25, 0.3) is 11.9 Å². The van der Waals surface area contributed by atoms with Crippen molar-refractivity contribution in [2.75, 3.05) is 24.7 Å². The summed E-state index contributed by atoms with van der Waals surface area (Å²) in [4.78, 5) is 20.1. The number of nitrogens with zero attached hydrogens (tertiary/aromatic N) is 2. The number of hydrogen-bond acceptors (Lipinski definition) is 5. The molecule has 134 valence electrons. The highest BCUT2D eigenvalue weighted by Gasteiger charge is 2.28. The van der Waals surface area contributed by atoms with Crippen LogP contribution in [0.5, 0.6) is 0 Å². The molecule has 4 rings (SSSR count). The van der Waals surface area contributed by atoms with Crippen LogP contribution >= 0.6 is 23.4 Å². The van der Waals surface area contributed by atoms with Crippen LogP contribution in [0.2, 0.25) is 5.02 Å². The van der Waals surface area contributed by atoms with Crippen LogP contribution in [0.15, 0.2) is 51.8 Å². The first-order chi connectivity index (χ1) is 12.6. The minimum absolute atomic E-state index is 0.0728. The van der Waals surface area contributed by atoms with Gasteiger partial charge in [-0.3, -0.25) is 4.79 Å². The number of nitrogens with one attached hydrogen (secondary N) is 1. The molecule has 2 heterocycles.